The summed E-state index contributed by atoms with van der Waals surface area (Å²) in [6.07, 6.45) is 7.26. The van der Waals surface area contributed by atoms with Crippen LogP contribution in [0.3, 0.4) is 0 Å². The normalized spacial score (nSPS) is 16.5. The van der Waals surface area contributed by atoms with Crippen LogP contribution in [0.15, 0.2) is 16.7 Å². The molecule has 1 unspecified atom stereocenters. The van der Waals surface area contributed by atoms with Gasteiger partial charge in [0, 0.05) is 4.88 Å². The van der Waals surface area contributed by atoms with Crippen molar-refractivity contribution in [2.24, 2.45) is 11.7 Å². The van der Waals surface area contributed by atoms with E-state index < -0.39 is 0 Å². The number of fused-ring (bicyclic) bond motifs is 1. The highest BCUT2D eigenvalue weighted by molar-refractivity contribution is 7.15. The number of aryl methyl sites for hydroxylation is 1. The summed E-state index contributed by atoms with van der Waals surface area (Å²) in [5.74, 6) is 1.17. The van der Waals surface area contributed by atoms with Crippen molar-refractivity contribution in [3.63, 3.8) is 0 Å². The fourth-order valence-electron chi connectivity index (χ4n) is 2.93. The first-order valence-corrected chi connectivity index (χ1v) is 8.58. The standard InChI is InChI=1S/C16H21N3O2S.ClH/c1-2-3-10-4-5-13-14(6-10)22-16(18-13)19-15(20)11-7-12(8-17)21-9-11;/h7,9-10H,2-6,8,17H2,1H3,(H,18,19,20);1H. The van der Waals surface area contributed by atoms with Gasteiger partial charge in [0.2, 0.25) is 0 Å². The lowest BCUT2D eigenvalue weighted by molar-refractivity contribution is 0.102. The van der Waals surface area contributed by atoms with Gasteiger partial charge in [-0.15, -0.1) is 23.7 Å². The zero-order valence-electron chi connectivity index (χ0n) is 13.1. The Morgan fingerprint density at radius 2 is 2.39 bits per heavy atom. The maximum Gasteiger partial charge on any atom is 0.260 e. The summed E-state index contributed by atoms with van der Waals surface area (Å²) in [4.78, 5) is 18.1. The molecule has 2 heterocycles. The highest BCUT2D eigenvalue weighted by atomic mass is 35.5. The number of thiazole rings is 1. The van der Waals surface area contributed by atoms with Crippen LogP contribution in [0.4, 0.5) is 5.13 Å². The van der Waals surface area contributed by atoms with Gasteiger partial charge in [0.15, 0.2) is 5.13 Å². The molecule has 126 valence electrons. The maximum atomic E-state index is 12.2. The highest BCUT2D eigenvalue weighted by Gasteiger charge is 2.23. The molecule has 7 heteroatoms. The molecule has 3 rings (SSSR count). The lowest BCUT2D eigenvalue weighted by Gasteiger charge is -2.19. The number of carbonyl (C=O) groups excluding carboxylic acids is 1. The molecule has 0 saturated carbocycles. The summed E-state index contributed by atoms with van der Waals surface area (Å²) >= 11 is 1.60. The van der Waals surface area contributed by atoms with Gasteiger partial charge in [0.05, 0.1) is 17.8 Å². The first kappa shape index (κ1) is 18.0. The van der Waals surface area contributed by atoms with Crippen LogP contribution in [-0.2, 0) is 19.4 Å². The number of furan rings is 1. The van der Waals surface area contributed by atoms with Crippen LogP contribution >= 0.6 is 23.7 Å². The number of rotatable bonds is 5. The van der Waals surface area contributed by atoms with E-state index in [0.29, 0.717) is 16.5 Å². The Hall–Kier alpha value is -1.37. The summed E-state index contributed by atoms with van der Waals surface area (Å²) in [7, 11) is 0. The molecular weight excluding hydrogens is 334 g/mol. The Morgan fingerprint density at radius 3 is 3.09 bits per heavy atom. The average Bonchev–Trinajstić information content (AvgIpc) is 3.12. The van der Waals surface area contributed by atoms with Crippen molar-refractivity contribution in [2.75, 3.05) is 5.32 Å². The summed E-state index contributed by atoms with van der Waals surface area (Å²) in [5.41, 5.74) is 7.12. The molecule has 1 atom stereocenters. The van der Waals surface area contributed by atoms with Gasteiger partial charge in [-0.3, -0.25) is 10.1 Å². The lowest BCUT2D eigenvalue weighted by atomic mass is 9.88. The van der Waals surface area contributed by atoms with E-state index in [2.05, 4.69) is 17.2 Å². The third kappa shape index (κ3) is 4.13. The number of halogens is 1. The second kappa shape index (κ2) is 7.95. The van der Waals surface area contributed by atoms with Crippen LogP contribution in [0, 0.1) is 5.92 Å². The average molecular weight is 356 g/mol. The Balaban J connectivity index is 0.00000192. The number of nitrogens with one attached hydrogen (secondary N) is 1. The summed E-state index contributed by atoms with van der Waals surface area (Å²) < 4.78 is 5.19. The van der Waals surface area contributed by atoms with Crippen LogP contribution in [0.2, 0.25) is 0 Å². The molecule has 1 aliphatic carbocycles. The number of aromatic nitrogens is 1. The number of hydrogen-bond acceptors (Lipinski definition) is 5. The number of amides is 1. The predicted molar refractivity (Wildman–Crippen MR) is 94.3 cm³/mol. The minimum absolute atomic E-state index is 0. The summed E-state index contributed by atoms with van der Waals surface area (Å²) in [6, 6.07) is 1.67. The molecule has 23 heavy (non-hydrogen) atoms. The first-order valence-electron chi connectivity index (χ1n) is 7.77. The summed E-state index contributed by atoms with van der Waals surface area (Å²) in [5, 5.41) is 3.55. The van der Waals surface area contributed by atoms with E-state index in [1.165, 1.54) is 30.4 Å². The molecule has 0 fully saturated rings. The molecule has 0 aliphatic heterocycles. The minimum Gasteiger partial charge on any atom is -0.467 e. The third-order valence-electron chi connectivity index (χ3n) is 4.08. The molecular formula is C16H22ClN3O2S. The largest absolute Gasteiger partial charge is 0.467 e. The molecule has 1 amide bonds. The van der Waals surface area contributed by atoms with E-state index in [9.17, 15) is 4.79 Å². The van der Waals surface area contributed by atoms with Gasteiger partial charge in [-0.25, -0.2) is 4.98 Å². The van der Waals surface area contributed by atoms with Crippen LogP contribution in [0.5, 0.6) is 0 Å². The molecule has 0 aromatic carbocycles. The van der Waals surface area contributed by atoms with Gasteiger partial charge in [-0.1, -0.05) is 19.8 Å². The van der Waals surface area contributed by atoms with E-state index in [1.54, 1.807) is 17.4 Å². The van der Waals surface area contributed by atoms with Crippen molar-refractivity contribution in [3.05, 3.63) is 34.2 Å². The number of nitrogens with zero attached hydrogens (tertiary/aromatic N) is 1. The van der Waals surface area contributed by atoms with Crippen LogP contribution in [-0.4, -0.2) is 10.9 Å². The zero-order valence-corrected chi connectivity index (χ0v) is 14.8. The maximum absolute atomic E-state index is 12.2. The van der Waals surface area contributed by atoms with E-state index in [4.69, 9.17) is 10.2 Å². The third-order valence-corrected chi connectivity index (χ3v) is 5.11. The number of carbonyl (C=O) groups is 1. The lowest BCUT2D eigenvalue weighted by Crippen LogP contribution is -2.12. The number of hydrogen-bond donors (Lipinski definition) is 2. The second-order valence-electron chi connectivity index (χ2n) is 5.75. The van der Waals surface area contributed by atoms with Gasteiger partial charge in [-0.2, -0.15) is 0 Å². The van der Waals surface area contributed by atoms with Gasteiger partial charge < -0.3 is 10.2 Å². The van der Waals surface area contributed by atoms with Crippen molar-refractivity contribution >= 4 is 34.8 Å². The van der Waals surface area contributed by atoms with Crippen LogP contribution in [0.25, 0.3) is 0 Å². The second-order valence-corrected chi connectivity index (χ2v) is 6.83. The van der Waals surface area contributed by atoms with E-state index >= 15 is 0 Å². The molecule has 2 aromatic rings. The van der Waals surface area contributed by atoms with Gasteiger partial charge in [0.1, 0.15) is 12.0 Å². The molecule has 0 bridgehead atoms. The fraction of sp³-hybridized carbons (Fsp3) is 0.500. The van der Waals surface area contributed by atoms with Crippen LogP contribution in [0.1, 0.15) is 52.9 Å². The molecule has 0 spiro atoms. The summed E-state index contributed by atoms with van der Waals surface area (Å²) in [6.45, 7) is 2.52. The first-order chi connectivity index (χ1) is 10.7. The monoisotopic (exact) mass is 355 g/mol. The van der Waals surface area contributed by atoms with E-state index in [0.717, 1.165) is 24.5 Å². The van der Waals surface area contributed by atoms with Crippen molar-refractivity contribution in [1.82, 2.24) is 4.98 Å². The van der Waals surface area contributed by atoms with Gasteiger partial charge in [-0.05, 0) is 31.2 Å². The molecule has 5 nitrogen and oxygen atoms in total. The van der Waals surface area contributed by atoms with Crippen molar-refractivity contribution < 1.29 is 9.21 Å². The smallest absolute Gasteiger partial charge is 0.260 e. The topological polar surface area (TPSA) is 81.2 Å². The quantitative estimate of drug-likeness (QED) is 0.855. The molecule has 0 radical (unpaired) electrons. The number of nitrogens with two attached hydrogens (primary N) is 1. The van der Waals surface area contributed by atoms with Gasteiger partial charge in [0.25, 0.3) is 5.91 Å². The van der Waals surface area contributed by atoms with Crippen molar-refractivity contribution in [1.29, 1.82) is 0 Å². The Morgan fingerprint density at radius 1 is 1.57 bits per heavy atom. The fourth-order valence-corrected chi connectivity index (χ4v) is 4.04. The Bertz CT molecular complexity index is 668. The SMILES string of the molecule is CCCC1CCc2nc(NC(=O)c3coc(CN)c3)sc2C1.Cl. The predicted octanol–water partition coefficient (Wildman–Crippen LogP) is 3.77. The van der Waals surface area contributed by atoms with E-state index in [1.807, 2.05) is 0 Å². The number of anilines is 1. The van der Waals surface area contributed by atoms with Crippen molar-refractivity contribution in [2.45, 2.75) is 45.6 Å². The van der Waals surface area contributed by atoms with E-state index in [-0.39, 0.29) is 24.9 Å². The van der Waals surface area contributed by atoms with Crippen molar-refractivity contribution in [3.8, 4) is 0 Å². The van der Waals surface area contributed by atoms with Crippen LogP contribution < -0.4 is 11.1 Å². The molecule has 1 aliphatic rings. The Labute approximate surface area is 146 Å². The Kier molecular flexibility index (Phi) is 6.21. The highest BCUT2D eigenvalue weighted by Crippen LogP contribution is 2.34. The molecule has 3 N–H and O–H groups in total. The zero-order chi connectivity index (χ0) is 15.5. The molecule has 2 aromatic heterocycles. The minimum atomic E-state index is -0.195. The molecule has 0 saturated heterocycles. The van der Waals surface area contributed by atoms with Gasteiger partial charge >= 0.3 is 0 Å².